The van der Waals surface area contributed by atoms with E-state index >= 15 is 0 Å². The summed E-state index contributed by atoms with van der Waals surface area (Å²) >= 11 is 0. The van der Waals surface area contributed by atoms with Crippen molar-refractivity contribution in [3.05, 3.63) is 48.6 Å². The van der Waals surface area contributed by atoms with Crippen molar-refractivity contribution in [3.63, 3.8) is 0 Å². The van der Waals surface area contributed by atoms with Crippen LogP contribution in [0.4, 0.5) is 0 Å². The van der Waals surface area contributed by atoms with Crippen LogP contribution < -0.4 is 0 Å². The molecule has 3 nitrogen and oxygen atoms in total. The molecule has 1 N–H and O–H groups in total. The highest BCUT2D eigenvalue weighted by Crippen LogP contribution is 2.03. The normalized spacial score (nSPS) is 14.4. The maximum atomic E-state index is 9.34. The van der Waals surface area contributed by atoms with E-state index in [-0.39, 0.29) is 12.9 Å². The Kier molecular flexibility index (Phi) is 5.78. The van der Waals surface area contributed by atoms with Crippen LogP contribution in [-0.2, 0) is 16.1 Å². The average Bonchev–Trinajstić information content (AvgIpc) is 2.34. The minimum Gasteiger partial charge on any atom is -0.386 e. The molecular weight excluding hydrogens is 204 g/mol. The second-order valence-corrected chi connectivity index (χ2v) is 3.55. The minimum absolute atomic E-state index is 0.168. The molecular formula is C13H18O3. The van der Waals surface area contributed by atoms with Crippen molar-refractivity contribution in [1.82, 2.24) is 0 Å². The van der Waals surface area contributed by atoms with Gasteiger partial charge in [0.1, 0.15) is 6.79 Å². The van der Waals surface area contributed by atoms with Crippen LogP contribution in [0.1, 0.15) is 12.5 Å². The molecule has 0 radical (unpaired) electrons. The first-order chi connectivity index (χ1) is 7.74. The average molecular weight is 222 g/mol. The predicted octanol–water partition coefficient (Wildman–Crippen LogP) is 2.11. The van der Waals surface area contributed by atoms with E-state index in [9.17, 15) is 5.11 Å². The first-order valence-electron chi connectivity index (χ1n) is 5.28. The Morgan fingerprint density at radius 2 is 2.06 bits per heavy atom. The molecule has 0 aliphatic carbocycles. The third kappa shape index (κ3) is 4.57. The van der Waals surface area contributed by atoms with Gasteiger partial charge in [0.25, 0.3) is 0 Å². The number of rotatable bonds is 7. The summed E-state index contributed by atoms with van der Waals surface area (Å²) in [6.45, 7) is 5.94. The van der Waals surface area contributed by atoms with Gasteiger partial charge in [-0.05, 0) is 12.5 Å². The Balaban J connectivity index is 2.15. The van der Waals surface area contributed by atoms with Crippen molar-refractivity contribution >= 4 is 0 Å². The molecule has 0 spiro atoms. The van der Waals surface area contributed by atoms with Crippen molar-refractivity contribution < 1.29 is 14.6 Å². The molecule has 2 atom stereocenters. The van der Waals surface area contributed by atoms with Crippen LogP contribution >= 0.6 is 0 Å². The zero-order chi connectivity index (χ0) is 11.8. The molecule has 0 heterocycles. The van der Waals surface area contributed by atoms with Crippen molar-refractivity contribution in [2.75, 3.05) is 6.79 Å². The van der Waals surface area contributed by atoms with Crippen molar-refractivity contribution in [3.8, 4) is 0 Å². The van der Waals surface area contributed by atoms with E-state index < -0.39 is 6.10 Å². The molecule has 0 aromatic heterocycles. The summed E-state index contributed by atoms with van der Waals surface area (Å²) in [5.41, 5.74) is 1.10. The van der Waals surface area contributed by atoms with Crippen LogP contribution in [0.25, 0.3) is 0 Å². The number of aliphatic hydroxyl groups is 1. The molecule has 0 bridgehead atoms. The molecule has 1 unspecified atom stereocenters. The summed E-state index contributed by atoms with van der Waals surface area (Å²) < 4.78 is 10.6. The highest BCUT2D eigenvalue weighted by atomic mass is 16.7. The molecule has 88 valence electrons. The lowest BCUT2D eigenvalue weighted by atomic mass is 10.2. The molecule has 1 aromatic carbocycles. The van der Waals surface area contributed by atoms with Gasteiger partial charge in [-0.25, -0.2) is 0 Å². The molecule has 0 saturated carbocycles. The van der Waals surface area contributed by atoms with E-state index in [1.165, 1.54) is 6.08 Å². The smallest absolute Gasteiger partial charge is 0.147 e. The highest BCUT2D eigenvalue weighted by molar-refractivity contribution is 5.13. The van der Waals surface area contributed by atoms with Gasteiger partial charge in [0.15, 0.2) is 0 Å². The third-order valence-corrected chi connectivity index (χ3v) is 2.25. The minimum atomic E-state index is -0.652. The maximum absolute atomic E-state index is 9.34. The van der Waals surface area contributed by atoms with E-state index in [1.54, 1.807) is 6.92 Å². The molecule has 0 aliphatic rings. The molecule has 0 aliphatic heterocycles. The van der Waals surface area contributed by atoms with Crippen molar-refractivity contribution in [1.29, 1.82) is 0 Å². The van der Waals surface area contributed by atoms with Gasteiger partial charge in [-0.1, -0.05) is 36.4 Å². The quantitative estimate of drug-likeness (QED) is 0.436. The summed E-state index contributed by atoms with van der Waals surface area (Å²) in [6.07, 6.45) is 0.496. The van der Waals surface area contributed by atoms with Gasteiger partial charge in [-0.15, -0.1) is 6.58 Å². The first kappa shape index (κ1) is 12.9. The fourth-order valence-electron chi connectivity index (χ4n) is 1.18. The molecule has 0 fully saturated rings. The standard InChI is InChI=1S/C13H18O3/c1-3-13(14)11(2)16-10-15-9-12-7-5-4-6-8-12/h3-8,11,13-14H,1,9-10H2,2H3/t11-,13?/m0/s1. The van der Waals surface area contributed by atoms with Gasteiger partial charge in [-0.2, -0.15) is 0 Å². The van der Waals surface area contributed by atoms with Crippen molar-refractivity contribution in [2.45, 2.75) is 25.7 Å². The fourth-order valence-corrected chi connectivity index (χ4v) is 1.18. The highest BCUT2D eigenvalue weighted by Gasteiger charge is 2.09. The number of ether oxygens (including phenoxy) is 2. The Bertz CT molecular complexity index is 297. The summed E-state index contributed by atoms with van der Waals surface area (Å²) in [5.74, 6) is 0. The Morgan fingerprint density at radius 1 is 1.38 bits per heavy atom. The van der Waals surface area contributed by atoms with E-state index in [0.29, 0.717) is 6.61 Å². The number of hydrogen-bond donors (Lipinski definition) is 1. The molecule has 0 amide bonds. The van der Waals surface area contributed by atoms with Crippen LogP contribution in [0.5, 0.6) is 0 Å². The van der Waals surface area contributed by atoms with Crippen molar-refractivity contribution in [2.24, 2.45) is 0 Å². The van der Waals surface area contributed by atoms with Crippen LogP contribution in [0.3, 0.4) is 0 Å². The second kappa shape index (κ2) is 7.17. The van der Waals surface area contributed by atoms with E-state index in [1.807, 2.05) is 30.3 Å². The van der Waals surface area contributed by atoms with E-state index in [4.69, 9.17) is 9.47 Å². The summed E-state index contributed by atoms with van der Waals surface area (Å²) in [7, 11) is 0. The largest absolute Gasteiger partial charge is 0.386 e. The van der Waals surface area contributed by atoms with Crippen LogP contribution in [0.15, 0.2) is 43.0 Å². The Labute approximate surface area is 96.3 Å². The van der Waals surface area contributed by atoms with Gasteiger partial charge < -0.3 is 14.6 Å². The first-order valence-corrected chi connectivity index (χ1v) is 5.28. The number of benzene rings is 1. The lowest BCUT2D eigenvalue weighted by Gasteiger charge is -2.16. The topological polar surface area (TPSA) is 38.7 Å². The zero-order valence-electron chi connectivity index (χ0n) is 9.50. The lowest BCUT2D eigenvalue weighted by Crippen LogP contribution is -2.24. The van der Waals surface area contributed by atoms with Crippen LogP contribution in [-0.4, -0.2) is 24.1 Å². The Hall–Kier alpha value is -1.16. The Morgan fingerprint density at radius 3 is 2.69 bits per heavy atom. The molecule has 1 aromatic rings. The van der Waals surface area contributed by atoms with Gasteiger partial charge in [0.2, 0.25) is 0 Å². The second-order valence-electron chi connectivity index (χ2n) is 3.55. The molecule has 3 heteroatoms. The molecule has 1 rings (SSSR count). The predicted molar refractivity (Wildman–Crippen MR) is 62.8 cm³/mol. The zero-order valence-corrected chi connectivity index (χ0v) is 9.50. The number of aliphatic hydroxyl groups excluding tert-OH is 1. The summed E-state index contributed by atoms with van der Waals surface area (Å²) in [6, 6.07) is 9.86. The van der Waals surface area contributed by atoms with Gasteiger partial charge in [0.05, 0.1) is 18.8 Å². The monoisotopic (exact) mass is 222 g/mol. The van der Waals surface area contributed by atoms with Gasteiger partial charge in [-0.3, -0.25) is 0 Å². The molecule has 16 heavy (non-hydrogen) atoms. The van der Waals surface area contributed by atoms with Crippen LogP contribution in [0.2, 0.25) is 0 Å². The summed E-state index contributed by atoms with van der Waals surface area (Å²) in [4.78, 5) is 0. The third-order valence-electron chi connectivity index (χ3n) is 2.25. The van der Waals surface area contributed by atoms with Crippen LogP contribution in [0, 0.1) is 0 Å². The van der Waals surface area contributed by atoms with E-state index in [0.717, 1.165) is 5.56 Å². The number of hydrogen-bond acceptors (Lipinski definition) is 3. The summed E-state index contributed by atoms with van der Waals surface area (Å²) in [5, 5.41) is 9.34. The molecule has 0 saturated heterocycles. The SMILES string of the molecule is C=CC(O)[C@H](C)OCOCc1ccccc1. The lowest BCUT2D eigenvalue weighted by molar-refractivity contribution is -0.114. The van der Waals surface area contributed by atoms with Gasteiger partial charge in [0, 0.05) is 0 Å². The van der Waals surface area contributed by atoms with E-state index in [2.05, 4.69) is 6.58 Å². The van der Waals surface area contributed by atoms with Gasteiger partial charge >= 0.3 is 0 Å². The maximum Gasteiger partial charge on any atom is 0.147 e. The fraction of sp³-hybridized carbons (Fsp3) is 0.385.